The van der Waals surface area contributed by atoms with Gasteiger partial charge < -0.3 is 5.32 Å². The van der Waals surface area contributed by atoms with E-state index < -0.39 is 0 Å². The summed E-state index contributed by atoms with van der Waals surface area (Å²) in [4.78, 5) is 12.2. The predicted molar refractivity (Wildman–Crippen MR) is 75.8 cm³/mol. The van der Waals surface area contributed by atoms with Gasteiger partial charge >= 0.3 is 0 Å². The first-order chi connectivity index (χ1) is 9.17. The van der Waals surface area contributed by atoms with Gasteiger partial charge in [-0.15, -0.1) is 0 Å². The Hall–Kier alpha value is -0.890. The summed E-state index contributed by atoms with van der Waals surface area (Å²) in [5, 5.41) is 3.36. The molecule has 102 valence electrons. The van der Waals surface area contributed by atoms with Crippen molar-refractivity contribution in [3.05, 3.63) is 23.3 Å². The van der Waals surface area contributed by atoms with Crippen LogP contribution in [0.5, 0.6) is 0 Å². The summed E-state index contributed by atoms with van der Waals surface area (Å²) in [5.74, 6) is 1.84. The second-order valence-corrected chi connectivity index (χ2v) is 7.12. The first-order valence-corrected chi connectivity index (χ1v) is 7.83. The zero-order chi connectivity index (χ0) is 13.0. The summed E-state index contributed by atoms with van der Waals surface area (Å²) in [6.45, 7) is 3.39. The van der Waals surface area contributed by atoms with Gasteiger partial charge in [-0.2, -0.15) is 0 Å². The van der Waals surface area contributed by atoms with Crippen molar-refractivity contribution < 1.29 is 4.79 Å². The molecule has 4 aliphatic rings. The van der Waals surface area contributed by atoms with Crippen molar-refractivity contribution in [2.75, 3.05) is 6.54 Å². The highest BCUT2D eigenvalue weighted by Crippen LogP contribution is 2.56. The molecule has 4 atom stereocenters. The van der Waals surface area contributed by atoms with Crippen molar-refractivity contribution >= 4 is 5.78 Å². The Labute approximate surface area is 115 Å². The lowest BCUT2D eigenvalue weighted by molar-refractivity contribution is -0.127. The largest absolute Gasteiger partial charge is 0.307 e. The molecule has 2 heteroatoms. The lowest BCUT2D eigenvalue weighted by Gasteiger charge is -2.43. The molecule has 1 saturated heterocycles. The lowest BCUT2D eigenvalue weighted by atomic mass is 9.60. The minimum absolute atomic E-state index is 0.0123. The summed E-state index contributed by atoms with van der Waals surface area (Å²) in [7, 11) is 0. The summed E-state index contributed by atoms with van der Waals surface area (Å²) < 4.78 is 0. The van der Waals surface area contributed by atoms with Crippen LogP contribution < -0.4 is 5.32 Å². The maximum absolute atomic E-state index is 12.2. The van der Waals surface area contributed by atoms with Crippen LogP contribution >= 0.6 is 0 Å². The minimum Gasteiger partial charge on any atom is -0.307 e. The zero-order valence-corrected chi connectivity index (χ0v) is 11.7. The van der Waals surface area contributed by atoms with Crippen molar-refractivity contribution in [1.82, 2.24) is 5.32 Å². The number of fused-ring (bicyclic) bond motifs is 3. The maximum atomic E-state index is 12.2. The Morgan fingerprint density at radius 1 is 1.42 bits per heavy atom. The number of nitrogens with one attached hydrogen (secondary N) is 1. The fourth-order valence-electron chi connectivity index (χ4n) is 4.63. The van der Waals surface area contributed by atoms with Crippen LogP contribution in [-0.4, -0.2) is 18.4 Å². The van der Waals surface area contributed by atoms with E-state index in [2.05, 4.69) is 24.4 Å². The SMILES string of the molecule is CC12CCC3C/C(=C\C4CN4)CC=C3C1CCC2=O. The standard InChI is InChI=1S/C17H23NO/c1-17-7-6-12-8-11(9-13-10-18-13)2-3-14(12)15(17)4-5-16(17)19/h3,9,12-13,15,18H,2,4-8,10H2,1H3/b11-9-. The van der Waals surface area contributed by atoms with E-state index in [4.69, 9.17) is 0 Å². The van der Waals surface area contributed by atoms with E-state index >= 15 is 0 Å². The van der Waals surface area contributed by atoms with E-state index in [0.717, 1.165) is 31.6 Å². The highest BCUT2D eigenvalue weighted by molar-refractivity contribution is 5.87. The Morgan fingerprint density at radius 3 is 3.05 bits per heavy atom. The Balaban J connectivity index is 1.61. The molecular weight excluding hydrogens is 234 g/mol. The molecule has 0 amide bonds. The van der Waals surface area contributed by atoms with E-state index in [-0.39, 0.29) is 5.41 Å². The molecule has 3 aliphatic carbocycles. The van der Waals surface area contributed by atoms with E-state index in [9.17, 15) is 4.79 Å². The predicted octanol–water partition coefficient (Wildman–Crippen LogP) is 3.00. The van der Waals surface area contributed by atoms with Crippen LogP contribution in [0.15, 0.2) is 23.3 Å². The Kier molecular flexibility index (Phi) is 2.54. The smallest absolute Gasteiger partial charge is 0.139 e. The van der Waals surface area contributed by atoms with Gasteiger partial charge in [0.25, 0.3) is 0 Å². The number of hydrogen-bond acceptors (Lipinski definition) is 2. The third-order valence-electron chi connectivity index (χ3n) is 5.94. The molecule has 2 nitrogen and oxygen atoms in total. The number of allylic oxidation sites excluding steroid dienone is 3. The molecule has 0 aromatic heterocycles. The molecule has 0 aromatic carbocycles. The Morgan fingerprint density at radius 2 is 2.26 bits per heavy atom. The number of hydrogen-bond donors (Lipinski definition) is 1. The van der Waals surface area contributed by atoms with Crippen molar-refractivity contribution in [3.63, 3.8) is 0 Å². The normalized spacial score (nSPS) is 46.8. The van der Waals surface area contributed by atoms with Crippen LogP contribution in [0, 0.1) is 17.3 Å². The van der Waals surface area contributed by atoms with Crippen LogP contribution in [0.4, 0.5) is 0 Å². The number of rotatable bonds is 1. The summed E-state index contributed by atoms with van der Waals surface area (Å²) >= 11 is 0. The second kappa shape index (κ2) is 4.05. The molecular formula is C17H23NO. The van der Waals surface area contributed by atoms with Crippen molar-refractivity contribution in [2.45, 2.75) is 51.5 Å². The molecule has 2 saturated carbocycles. The van der Waals surface area contributed by atoms with Crippen molar-refractivity contribution in [3.8, 4) is 0 Å². The fourth-order valence-corrected chi connectivity index (χ4v) is 4.63. The van der Waals surface area contributed by atoms with Gasteiger partial charge in [0.15, 0.2) is 0 Å². The van der Waals surface area contributed by atoms with Gasteiger partial charge in [0, 0.05) is 24.4 Å². The molecule has 0 bridgehead atoms. The third kappa shape index (κ3) is 1.84. The van der Waals surface area contributed by atoms with Gasteiger partial charge in [0.05, 0.1) is 0 Å². The van der Waals surface area contributed by atoms with E-state index in [1.54, 1.807) is 11.1 Å². The molecule has 0 spiro atoms. The number of carbonyl (C=O) groups excluding carboxylic acids is 1. The monoisotopic (exact) mass is 257 g/mol. The number of ketones is 1. The average Bonchev–Trinajstić information content (AvgIpc) is 3.16. The zero-order valence-electron chi connectivity index (χ0n) is 11.7. The van der Waals surface area contributed by atoms with Crippen molar-refractivity contribution in [2.24, 2.45) is 17.3 Å². The van der Waals surface area contributed by atoms with Crippen molar-refractivity contribution in [1.29, 1.82) is 0 Å². The van der Waals surface area contributed by atoms with Crippen LogP contribution in [0.2, 0.25) is 0 Å². The molecule has 1 heterocycles. The molecule has 0 aromatic rings. The minimum atomic E-state index is -0.0123. The fraction of sp³-hybridized carbons (Fsp3) is 0.706. The van der Waals surface area contributed by atoms with Gasteiger partial charge in [-0.25, -0.2) is 0 Å². The van der Waals surface area contributed by atoms with Gasteiger partial charge in [0.1, 0.15) is 5.78 Å². The summed E-state index contributed by atoms with van der Waals surface area (Å²) in [6, 6.07) is 0.659. The van der Waals surface area contributed by atoms with Gasteiger partial charge in [0.2, 0.25) is 0 Å². The number of carbonyl (C=O) groups is 1. The number of Topliss-reactive ketones (excluding diaryl/α,β-unsaturated/α-hetero) is 1. The topological polar surface area (TPSA) is 39.0 Å². The lowest BCUT2D eigenvalue weighted by Crippen LogP contribution is -2.37. The first kappa shape index (κ1) is 11.9. The summed E-state index contributed by atoms with van der Waals surface area (Å²) in [6.07, 6.45) is 11.6. The van der Waals surface area contributed by atoms with E-state index in [0.29, 0.717) is 17.7 Å². The van der Waals surface area contributed by atoms with E-state index in [1.165, 1.54) is 19.4 Å². The maximum Gasteiger partial charge on any atom is 0.139 e. The highest BCUT2D eigenvalue weighted by atomic mass is 16.1. The first-order valence-electron chi connectivity index (χ1n) is 7.83. The quantitative estimate of drug-likeness (QED) is 0.579. The third-order valence-corrected chi connectivity index (χ3v) is 5.94. The highest BCUT2D eigenvalue weighted by Gasteiger charge is 2.51. The molecule has 4 rings (SSSR count). The van der Waals surface area contributed by atoms with Gasteiger partial charge in [-0.3, -0.25) is 4.79 Å². The molecule has 1 aliphatic heterocycles. The van der Waals surface area contributed by atoms with Crippen LogP contribution in [0.25, 0.3) is 0 Å². The Bertz CT molecular complexity index is 485. The molecule has 4 unspecified atom stereocenters. The van der Waals surface area contributed by atoms with E-state index in [1.807, 2.05) is 0 Å². The van der Waals surface area contributed by atoms with Crippen LogP contribution in [0.1, 0.15) is 45.4 Å². The molecule has 19 heavy (non-hydrogen) atoms. The average molecular weight is 257 g/mol. The van der Waals surface area contributed by atoms with Gasteiger partial charge in [-0.05, 0) is 43.9 Å². The van der Waals surface area contributed by atoms with Gasteiger partial charge in [-0.1, -0.05) is 30.2 Å². The van der Waals surface area contributed by atoms with Crippen LogP contribution in [0.3, 0.4) is 0 Å². The second-order valence-electron chi connectivity index (χ2n) is 7.12. The molecule has 3 fully saturated rings. The molecule has 0 radical (unpaired) electrons. The summed E-state index contributed by atoms with van der Waals surface area (Å²) in [5.41, 5.74) is 3.25. The van der Waals surface area contributed by atoms with Crippen LogP contribution in [-0.2, 0) is 4.79 Å². The molecule has 1 N–H and O–H groups in total.